The molecule has 5 heteroatoms. The molecule has 0 saturated carbocycles. The molecule has 2 aliphatic heterocycles. The fraction of sp³-hybridized carbons (Fsp3) is 0.600. The van der Waals surface area contributed by atoms with Crippen molar-refractivity contribution in [1.82, 2.24) is 5.32 Å². The van der Waals surface area contributed by atoms with Gasteiger partial charge in [0.05, 0.1) is 5.56 Å². The first-order chi connectivity index (χ1) is 9.52. The summed E-state index contributed by atoms with van der Waals surface area (Å²) in [4.78, 5) is 0. The smallest absolute Gasteiger partial charge is 0.419 e. The number of halogens is 3. The number of hydrogen-bond donors (Lipinski definition) is 1. The minimum atomic E-state index is -4.36. The Morgan fingerprint density at radius 1 is 1.05 bits per heavy atom. The molecule has 3 atom stereocenters. The van der Waals surface area contributed by atoms with Gasteiger partial charge in [-0.15, -0.1) is 0 Å². The molecule has 110 valence electrons. The Hall–Kier alpha value is -1.23. The highest BCUT2D eigenvalue weighted by atomic mass is 19.4. The molecule has 1 N–H and O–H groups in total. The van der Waals surface area contributed by atoms with E-state index in [1.807, 2.05) is 0 Å². The normalized spacial score (nSPS) is 30.1. The van der Waals surface area contributed by atoms with Crippen molar-refractivity contribution in [2.75, 3.05) is 0 Å². The molecule has 3 rings (SSSR count). The van der Waals surface area contributed by atoms with Crippen molar-refractivity contribution < 1.29 is 17.9 Å². The predicted octanol–water partition coefficient (Wildman–Crippen LogP) is 3.76. The van der Waals surface area contributed by atoms with Crippen LogP contribution in [0, 0.1) is 0 Å². The van der Waals surface area contributed by atoms with Crippen LogP contribution in [0.2, 0.25) is 0 Å². The molecule has 2 saturated heterocycles. The number of para-hydroxylation sites is 1. The van der Waals surface area contributed by atoms with Crippen LogP contribution in [0.3, 0.4) is 0 Å². The summed E-state index contributed by atoms with van der Waals surface area (Å²) in [7, 11) is 0. The molecule has 2 heterocycles. The predicted molar refractivity (Wildman–Crippen MR) is 69.7 cm³/mol. The van der Waals surface area contributed by atoms with E-state index in [0.29, 0.717) is 12.1 Å². The SMILES string of the molecule is FC(F)(F)c1ccccc1OC1C[C@H]2CCC[C@@H](C1)N2. The van der Waals surface area contributed by atoms with Gasteiger partial charge in [-0.1, -0.05) is 18.6 Å². The van der Waals surface area contributed by atoms with E-state index in [2.05, 4.69) is 5.32 Å². The lowest BCUT2D eigenvalue weighted by Crippen LogP contribution is -2.51. The van der Waals surface area contributed by atoms with Crippen LogP contribution in [0.4, 0.5) is 13.2 Å². The maximum Gasteiger partial charge on any atom is 0.419 e. The summed E-state index contributed by atoms with van der Waals surface area (Å²) in [6, 6.07) is 6.27. The van der Waals surface area contributed by atoms with Crippen molar-refractivity contribution in [3.05, 3.63) is 29.8 Å². The average molecular weight is 285 g/mol. The molecule has 2 aliphatic rings. The third-order valence-corrected chi connectivity index (χ3v) is 4.16. The highest BCUT2D eigenvalue weighted by molar-refractivity contribution is 5.35. The van der Waals surface area contributed by atoms with Gasteiger partial charge in [0.15, 0.2) is 0 Å². The molecule has 1 aromatic rings. The second kappa shape index (κ2) is 5.28. The van der Waals surface area contributed by atoms with Crippen LogP contribution in [0.5, 0.6) is 5.75 Å². The van der Waals surface area contributed by atoms with Crippen LogP contribution in [-0.2, 0) is 6.18 Å². The van der Waals surface area contributed by atoms with E-state index in [-0.39, 0.29) is 11.9 Å². The topological polar surface area (TPSA) is 21.3 Å². The van der Waals surface area contributed by atoms with Crippen LogP contribution < -0.4 is 10.1 Å². The van der Waals surface area contributed by atoms with Crippen molar-refractivity contribution in [2.24, 2.45) is 0 Å². The van der Waals surface area contributed by atoms with Crippen molar-refractivity contribution in [3.8, 4) is 5.75 Å². The molecule has 1 unspecified atom stereocenters. The fourth-order valence-corrected chi connectivity index (χ4v) is 3.29. The van der Waals surface area contributed by atoms with Gasteiger partial charge in [-0.25, -0.2) is 0 Å². The van der Waals surface area contributed by atoms with Crippen LogP contribution in [0.25, 0.3) is 0 Å². The molecule has 1 aromatic carbocycles. The molecule has 20 heavy (non-hydrogen) atoms. The Labute approximate surface area is 116 Å². The molecule has 0 aliphatic carbocycles. The minimum absolute atomic E-state index is 0.0371. The average Bonchev–Trinajstić information content (AvgIpc) is 2.37. The van der Waals surface area contributed by atoms with E-state index in [1.165, 1.54) is 18.6 Å². The van der Waals surface area contributed by atoms with E-state index in [9.17, 15) is 13.2 Å². The van der Waals surface area contributed by atoms with Gasteiger partial charge in [0, 0.05) is 12.1 Å². The van der Waals surface area contributed by atoms with Crippen LogP contribution >= 0.6 is 0 Å². The van der Waals surface area contributed by atoms with Gasteiger partial charge >= 0.3 is 6.18 Å². The standard InChI is InChI=1S/C15H18F3NO/c16-15(17,18)13-6-1-2-7-14(13)20-12-8-10-4-3-5-11(9-12)19-10/h1-2,6-7,10-12,19H,3-5,8-9H2/t10-,11+,12?. The molecule has 2 fully saturated rings. The van der Waals surface area contributed by atoms with Gasteiger partial charge < -0.3 is 10.1 Å². The molecular weight excluding hydrogens is 267 g/mol. The Balaban J connectivity index is 1.75. The monoisotopic (exact) mass is 285 g/mol. The number of nitrogens with one attached hydrogen (secondary N) is 1. The summed E-state index contributed by atoms with van der Waals surface area (Å²) in [6.45, 7) is 0. The van der Waals surface area contributed by atoms with Crippen molar-refractivity contribution in [2.45, 2.75) is 56.5 Å². The minimum Gasteiger partial charge on any atom is -0.490 e. The van der Waals surface area contributed by atoms with Gasteiger partial charge in [-0.3, -0.25) is 0 Å². The number of piperidine rings is 2. The highest BCUT2D eigenvalue weighted by Gasteiger charge is 2.36. The lowest BCUT2D eigenvalue weighted by atomic mass is 9.85. The van der Waals surface area contributed by atoms with E-state index < -0.39 is 11.7 Å². The summed E-state index contributed by atoms with van der Waals surface area (Å²) >= 11 is 0. The van der Waals surface area contributed by atoms with Gasteiger partial charge in [0.1, 0.15) is 11.9 Å². The summed E-state index contributed by atoms with van der Waals surface area (Å²) in [5.74, 6) is -0.0371. The Kier molecular flexibility index (Phi) is 3.63. The number of ether oxygens (including phenoxy) is 1. The third kappa shape index (κ3) is 2.92. The van der Waals surface area contributed by atoms with Crippen LogP contribution in [0.1, 0.15) is 37.7 Å². The summed E-state index contributed by atoms with van der Waals surface area (Å²) in [5.41, 5.74) is -0.677. The number of fused-ring (bicyclic) bond motifs is 2. The molecule has 0 radical (unpaired) electrons. The van der Waals surface area contributed by atoms with Crippen molar-refractivity contribution in [3.63, 3.8) is 0 Å². The van der Waals surface area contributed by atoms with E-state index in [1.54, 1.807) is 6.07 Å². The van der Waals surface area contributed by atoms with Gasteiger partial charge in [-0.05, 0) is 37.8 Å². The van der Waals surface area contributed by atoms with Crippen molar-refractivity contribution >= 4 is 0 Å². The quantitative estimate of drug-likeness (QED) is 0.893. The Morgan fingerprint density at radius 2 is 1.70 bits per heavy atom. The third-order valence-electron chi connectivity index (χ3n) is 4.16. The van der Waals surface area contributed by atoms with Crippen molar-refractivity contribution in [1.29, 1.82) is 0 Å². The van der Waals surface area contributed by atoms with E-state index in [0.717, 1.165) is 31.7 Å². The maximum atomic E-state index is 12.9. The molecular formula is C15H18F3NO. The number of alkyl halides is 3. The summed E-state index contributed by atoms with van der Waals surface area (Å²) in [6.07, 6.45) is 0.503. The highest BCUT2D eigenvalue weighted by Crippen LogP contribution is 2.37. The Morgan fingerprint density at radius 3 is 2.35 bits per heavy atom. The second-order valence-corrected chi connectivity index (χ2v) is 5.70. The molecule has 0 aromatic heterocycles. The maximum absolute atomic E-state index is 12.9. The van der Waals surface area contributed by atoms with Gasteiger partial charge in [0.2, 0.25) is 0 Å². The van der Waals surface area contributed by atoms with Gasteiger partial charge in [-0.2, -0.15) is 13.2 Å². The lowest BCUT2D eigenvalue weighted by molar-refractivity contribution is -0.139. The number of hydrogen-bond acceptors (Lipinski definition) is 2. The number of rotatable bonds is 2. The van der Waals surface area contributed by atoms with Crippen LogP contribution in [0.15, 0.2) is 24.3 Å². The number of benzene rings is 1. The van der Waals surface area contributed by atoms with E-state index >= 15 is 0 Å². The lowest BCUT2D eigenvalue weighted by Gasteiger charge is -2.40. The first kappa shape index (κ1) is 13.7. The Bertz CT molecular complexity index is 462. The first-order valence-corrected chi connectivity index (χ1v) is 7.11. The zero-order chi connectivity index (χ0) is 14.2. The van der Waals surface area contributed by atoms with E-state index in [4.69, 9.17) is 4.74 Å². The fourth-order valence-electron chi connectivity index (χ4n) is 3.29. The van der Waals surface area contributed by atoms with Crippen LogP contribution in [-0.4, -0.2) is 18.2 Å². The molecule has 0 amide bonds. The zero-order valence-corrected chi connectivity index (χ0v) is 11.1. The second-order valence-electron chi connectivity index (χ2n) is 5.70. The zero-order valence-electron chi connectivity index (χ0n) is 11.1. The van der Waals surface area contributed by atoms with Gasteiger partial charge in [0.25, 0.3) is 0 Å². The molecule has 2 bridgehead atoms. The first-order valence-electron chi connectivity index (χ1n) is 7.11. The molecule has 2 nitrogen and oxygen atoms in total. The largest absolute Gasteiger partial charge is 0.490 e. The molecule has 0 spiro atoms. The summed E-state index contributed by atoms with van der Waals surface area (Å²) < 4.78 is 44.5. The summed E-state index contributed by atoms with van der Waals surface area (Å²) in [5, 5.41) is 3.51.